The Morgan fingerprint density at radius 3 is 2.29 bits per heavy atom. The normalized spacial score (nSPS) is 17.1. The number of nitrogens with zero attached hydrogens (tertiary/aromatic N) is 1. The molecule has 0 aromatic heterocycles. The third kappa shape index (κ3) is 8.25. The monoisotopic (exact) mass is 487 g/mol. The summed E-state index contributed by atoms with van der Waals surface area (Å²) in [5, 5.41) is 5.91. The number of hydrogen-bond donors (Lipinski definition) is 2. The van der Waals surface area contributed by atoms with E-state index >= 15 is 0 Å². The largest absolute Gasteiger partial charge is 0.444 e. The fourth-order valence-electron chi connectivity index (χ4n) is 4.56. The molecule has 7 nitrogen and oxygen atoms in total. The molecule has 1 aromatic carbocycles. The lowest BCUT2D eigenvalue weighted by atomic mass is 9.92. The van der Waals surface area contributed by atoms with Gasteiger partial charge in [0.2, 0.25) is 11.8 Å². The van der Waals surface area contributed by atoms with Gasteiger partial charge in [0.25, 0.3) is 0 Å². The van der Waals surface area contributed by atoms with Crippen LogP contribution in [0, 0.1) is 13.8 Å². The van der Waals surface area contributed by atoms with Crippen molar-refractivity contribution < 1.29 is 19.1 Å². The quantitative estimate of drug-likeness (QED) is 0.518. The minimum Gasteiger partial charge on any atom is -0.444 e. The van der Waals surface area contributed by atoms with Crippen LogP contribution in [0.1, 0.15) is 103 Å². The molecule has 0 spiro atoms. The molecule has 1 fully saturated rings. The van der Waals surface area contributed by atoms with E-state index in [4.69, 9.17) is 4.74 Å². The van der Waals surface area contributed by atoms with Crippen LogP contribution in [-0.2, 0) is 14.3 Å². The summed E-state index contributed by atoms with van der Waals surface area (Å²) in [6.45, 7) is 14.9. The second-order valence-corrected chi connectivity index (χ2v) is 11.0. The van der Waals surface area contributed by atoms with E-state index in [2.05, 4.69) is 10.6 Å². The lowest BCUT2D eigenvalue weighted by molar-refractivity contribution is -0.145. The van der Waals surface area contributed by atoms with Gasteiger partial charge in [0, 0.05) is 12.1 Å². The van der Waals surface area contributed by atoms with Gasteiger partial charge in [-0.1, -0.05) is 49.9 Å². The predicted molar refractivity (Wildman–Crippen MR) is 139 cm³/mol. The molecule has 0 saturated heterocycles. The van der Waals surface area contributed by atoms with E-state index in [0.717, 1.165) is 42.4 Å². The Hall–Kier alpha value is -2.57. The number of hydrogen-bond acceptors (Lipinski definition) is 4. The van der Waals surface area contributed by atoms with Crippen molar-refractivity contribution >= 4 is 17.9 Å². The Balaban J connectivity index is 2.44. The fourth-order valence-corrected chi connectivity index (χ4v) is 4.56. The Kier molecular flexibility index (Phi) is 10.2. The second-order valence-electron chi connectivity index (χ2n) is 11.0. The minimum absolute atomic E-state index is 0.120. The van der Waals surface area contributed by atoms with E-state index in [1.54, 1.807) is 32.6 Å². The topological polar surface area (TPSA) is 87.7 Å². The molecule has 3 amide bonds. The number of carbonyl (C=O) groups is 3. The van der Waals surface area contributed by atoms with Crippen molar-refractivity contribution in [2.45, 2.75) is 124 Å². The molecule has 1 aliphatic rings. The summed E-state index contributed by atoms with van der Waals surface area (Å²) in [5.41, 5.74) is 2.12. The molecule has 3 unspecified atom stereocenters. The minimum atomic E-state index is -0.853. The number of carbonyl (C=O) groups excluding carboxylic acids is 3. The van der Waals surface area contributed by atoms with Crippen molar-refractivity contribution in [2.24, 2.45) is 0 Å². The van der Waals surface area contributed by atoms with Gasteiger partial charge in [-0.3, -0.25) is 9.59 Å². The summed E-state index contributed by atoms with van der Waals surface area (Å²) >= 11 is 0. The lowest BCUT2D eigenvalue weighted by Gasteiger charge is -2.39. The van der Waals surface area contributed by atoms with Gasteiger partial charge in [0.1, 0.15) is 17.7 Å². The maximum Gasteiger partial charge on any atom is 0.408 e. The van der Waals surface area contributed by atoms with E-state index in [0.29, 0.717) is 6.42 Å². The van der Waals surface area contributed by atoms with Crippen LogP contribution in [0.4, 0.5) is 4.79 Å². The van der Waals surface area contributed by atoms with Crippen LogP contribution in [-0.4, -0.2) is 46.5 Å². The van der Waals surface area contributed by atoms with Crippen LogP contribution in [0.25, 0.3) is 0 Å². The van der Waals surface area contributed by atoms with E-state index in [1.165, 1.54) is 6.42 Å². The zero-order valence-corrected chi connectivity index (χ0v) is 22.9. The van der Waals surface area contributed by atoms with Crippen molar-refractivity contribution in [1.29, 1.82) is 0 Å². The Bertz CT molecular complexity index is 887. The molecule has 0 radical (unpaired) electrons. The van der Waals surface area contributed by atoms with Gasteiger partial charge in [0.15, 0.2) is 0 Å². The SMILES string of the molecule is CCC(C)N(C(=O)C(C)NC(=O)OC(C)(C)C)C(C(=O)NC1CCCCC1)c1cc(C)ccc1C. The molecule has 196 valence electrons. The zero-order chi connectivity index (χ0) is 26.3. The van der Waals surface area contributed by atoms with Crippen molar-refractivity contribution in [3.8, 4) is 0 Å². The van der Waals surface area contributed by atoms with E-state index in [-0.39, 0.29) is 23.9 Å². The van der Waals surface area contributed by atoms with Crippen LogP contribution < -0.4 is 10.6 Å². The van der Waals surface area contributed by atoms with Crippen LogP contribution in [0.2, 0.25) is 0 Å². The number of ether oxygens (including phenoxy) is 1. The molecule has 2 rings (SSSR count). The van der Waals surface area contributed by atoms with Gasteiger partial charge in [-0.25, -0.2) is 4.79 Å². The standard InChI is InChI=1S/C28H45N3O4/c1-9-20(4)31(26(33)21(5)29-27(34)35-28(6,7)8)24(23-17-18(2)15-16-19(23)3)25(32)30-22-13-11-10-12-14-22/h15-17,20-22,24H,9-14H2,1-8H3,(H,29,34)(H,30,32). The smallest absolute Gasteiger partial charge is 0.408 e. The first kappa shape index (κ1) is 28.7. The molecule has 2 N–H and O–H groups in total. The molecule has 1 saturated carbocycles. The number of benzene rings is 1. The van der Waals surface area contributed by atoms with Crippen LogP contribution in [0.15, 0.2) is 18.2 Å². The molecule has 0 heterocycles. The highest BCUT2D eigenvalue weighted by Gasteiger charge is 2.38. The average Bonchev–Trinajstić information content (AvgIpc) is 2.77. The van der Waals surface area contributed by atoms with Crippen LogP contribution in [0.5, 0.6) is 0 Å². The summed E-state index contributed by atoms with van der Waals surface area (Å²) in [6, 6.07) is 4.26. The predicted octanol–water partition coefficient (Wildman–Crippen LogP) is 5.33. The number of nitrogens with one attached hydrogen (secondary N) is 2. The first-order valence-corrected chi connectivity index (χ1v) is 13.0. The molecule has 0 aliphatic heterocycles. The number of aryl methyl sites for hydroxylation is 2. The van der Waals surface area contributed by atoms with Crippen molar-refractivity contribution in [3.63, 3.8) is 0 Å². The van der Waals surface area contributed by atoms with Gasteiger partial charge >= 0.3 is 6.09 Å². The Labute approximate surface area is 211 Å². The molecule has 0 bridgehead atoms. The van der Waals surface area contributed by atoms with E-state index in [9.17, 15) is 14.4 Å². The summed E-state index contributed by atoms with van der Waals surface area (Å²) in [6.07, 6.45) is 5.32. The highest BCUT2D eigenvalue weighted by atomic mass is 16.6. The molecular formula is C28H45N3O4. The number of amides is 3. The number of alkyl carbamates (subject to hydrolysis) is 1. The van der Waals surface area contributed by atoms with Gasteiger partial charge in [0.05, 0.1) is 0 Å². The van der Waals surface area contributed by atoms with Crippen LogP contribution >= 0.6 is 0 Å². The molecule has 7 heteroatoms. The van der Waals surface area contributed by atoms with Crippen molar-refractivity contribution in [1.82, 2.24) is 15.5 Å². The van der Waals surface area contributed by atoms with Crippen molar-refractivity contribution in [3.05, 3.63) is 34.9 Å². The Morgan fingerprint density at radius 2 is 1.71 bits per heavy atom. The molecule has 1 aromatic rings. The lowest BCUT2D eigenvalue weighted by Crippen LogP contribution is -2.55. The summed E-state index contributed by atoms with van der Waals surface area (Å²) < 4.78 is 5.35. The third-order valence-corrected chi connectivity index (χ3v) is 6.63. The maximum atomic E-state index is 13.9. The second kappa shape index (κ2) is 12.4. The zero-order valence-electron chi connectivity index (χ0n) is 22.9. The van der Waals surface area contributed by atoms with Crippen molar-refractivity contribution in [2.75, 3.05) is 0 Å². The molecule has 3 atom stereocenters. The Morgan fingerprint density at radius 1 is 1.09 bits per heavy atom. The van der Waals surface area contributed by atoms with E-state index in [1.807, 2.05) is 45.9 Å². The first-order chi connectivity index (χ1) is 16.3. The van der Waals surface area contributed by atoms with Gasteiger partial charge in [-0.15, -0.1) is 0 Å². The molecular weight excluding hydrogens is 442 g/mol. The van der Waals surface area contributed by atoms with Gasteiger partial charge < -0.3 is 20.3 Å². The summed E-state index contributed by atoms with van der Waals surface area (Å²) in [7, 11) is 0. The summed E-state index contributed by atoms with van der Waals surface area (Å²) in [4.78, 5) is 41.7. The third-order valence-electron chi connectivity index (χ3n) is 6.63. The number of rotatable bonds is 8. The summed E-state index contributed by atoms with van der Waals surface area (Å²) in [5.74, 6) is -0.473. The van der Waals surface area contributed by atoms with E-state index < -0.39 is 23.8 Å². The molecule has 35 heavy (non-hydrogen) atoms. The van der Waals surface area contributed by atoms with Gasteiger partial charge in [-0.2, -0.15) is 0 Å². The maximum absolute atomic E-state index is 13.9. The fraction of sp³-hybridized carbons (Fsp3) is 0.679. The highest BCUT2D eigenvalue weighted by molar-refractivity contribution is 5.92. The van der Waals surface area contributed by atoms with Crippen LogP contribution in [0.3, 0.4) is 0 Å². The molecule has 1 aliphatic carbocycles. The average molecular weight is 488 g/mol. The highest BCUT2D eigenvalue weighted by Crippen LogP contribution is 2.30. The first-order valence-electron chi connectivity index (χ1n) is 13.0. The van der Waals surface area contributed by atoms with Gasteiger partial charge in [-0.05, 0) is 78.9 Å².